The SMILES string of the molecule is C=C1C(=O)[C@]23[C@H](O)[C@H]1CC[C@H]2[C@@]12CO[C@@]3(O)[C@@H](O)[C@@H]1C(C)(C)Cc1sc(N3CCCCCC3)nc12. The maximum atomic E-state index is 13.9. The molecule has 8 atom stereocenters. The molecule has 3 N–H and O–H groups in total. The average Bonchev–Trinajstić information content (AvgIpc) is 3.09. The van der Waals surface area contributed by atoms with Crippen molar-refractivity contribution in [3.8, 4) is 0 Å². The summed E-state index contributed by atoms with van der Waals surface area (Å²) < 4.78 is 6.18. The van der Waals surface area contributed by atoms with Gasteiger partial charge in [0.25, 0.3) is 0 Å². The van der Waals surface area contributed by atoms with Crippen molar-refractivity contribution in [1.29, 1.82) is 0 Å². The van der Waals surface area contributed by atoms with E-state index in [0.29, 0.717) is 18.4 Å². The molecule has 0 radical (unpaired) electrons. The monoisotopic (exact) mass is 500 g/mol. The Bertz CT molecular complexity index is 1120. The Labute approximate surface area is 210 Å². The fourth-order valence-electron chi connectivity index (χ4n) is 9.48. The zero-order chi connectivity index (χ0) is 24.5. The van der Waals surface area contributed by atoms with Gasteiger partial charge in [0.05, 0.1) is 18.4 Å². The standard InChI is InChI=1S/C27H36N2O5S/c1-14-15-8-9-17-25-13-34-27(33,26(17,20(14)30)21(15)31)22(32)18(25)24(2,3)12-16-19(25)28-23(35-16)29-10-6-4-5-7-11-29/h15,17-18,21-22,31-33H,1,4-13H2,2-3H3/t15-,17-,18+,21+,22-,25-,26-,27-/m0/s1. The Morgan fingerprint density at radius 3 is 2.54 bits per heavy atom. The minimum absolute atomic E-state index is 0.203. The zero-order valence-corrected chi connectivity index (χ0v) is 21.4. The van der Waals surface area contributed by atoms with Gasteiger partial charge in [-0.3, -0.25) is 4.79 Å². The third-order valence-electron chi connectivity index (χ3n) is 10.8. The first-order chi connectivity index (χ1) is 16.6. The number of ketones is 1. The first kappa shape index (κ1) is 22.8. The third-order valence-corrected chi connectivity index (χ3v) is 11.9. The number of hydrogen-bond donors (Lipinski definition) is 3. The van der Waals surface area contributed by atoms with E-state index in [9.17, 15) is 20.1 Å². The van der Waals surface area contributed by atoms with Gasteiger partial charge >= 0.3 is 0 Å². The molecule has 3 saturated heterocycles. The van der Waals surface area contributed by atoms with E-state index in [2.05, 4.69) is 25.3 Å². The lowest BCUT2D eigenvalue weighted by Crippen LogP contribution is -2.85. The molecule has 7 nitrogen and oxygen atoms in total. The molecule has 0 aromatic carbocycles. The summed E-state index contributed by atoms with van der Waals surface area (Å²) in [4.78, 5) is 22.8. The van der Waals surface area contributed by atoms with Crippen LogP contribution in [0.3, 0.4) is 0 Å². The molecule has 7 aliphatic rings. The lowest BCUT2D eigenvalue weighted by molar-refractivity contribution is -0.429. The van der Waals surface area contributed by atoms with Crippen LogP contribution in [-0.4, -0.2) is 63.8 Å². The van der Waals surface area contributed by atoms with Gasteiger partial charge in [0, 0.05) is 35.2 Å². The predicted octanol–water partition coefficient (Wildman–Crippen LogP) is 2.57. The molecule has 3 aliphatic heterocycles. The van der Waals surface area contributed by atoms with Crippen molar-refractivity contribution in [3.05, 3.63) is 22.7 Å². The van der Waals surface area contributed by atoms with Crippen molar-refractivity contribution < 1.29 is 24.9 Å². The number of hydrogen-bond acceptors (Lipinski definition) is 8. The Morgan fingerprint density at radius 2 is 1.83 bits per heavy atom. The molecule has 190 valence electrons. The van der Waals surface area contributed by atoms with Gasteiger partial charge in [0.15, 0.2) is 10.9 Å². The number of anilines is 1. The number of fused-ring (bicyclic) bond motifs is 3. The number of rotatable bonds is 1. The van der Waals surface area contributed by atoms with Crippen LogP contribution >= 0.6 is 11.3 Å². The number of nitrogens with zero attached hydrogens (tertiary/aromatic N) is 2. The van der Waals surface area contributed by atoms with Crippen LogP contribution in [0.5, 0.6) is 0 Å². The van der Waals surface area contributed by atoms with E-state index in [1.165, 1.54) is 17.7 Å². The van der Waals surface area contributed by atoms with Crippen molar-refractivity contribution >= 4 is 22.3 Å². The Kier molecular flexibility index (Phi) is 4.54. The topological polar surface area (TPSA) is 103 Å². The second-order valence-corrected chi connectivity index (χ2v) is 13.7. The number of carbonyl (C=O) groups is 1. The summed E-state index contributed by atoms with van der Waals surface area (Å²) in [5, 5.41) is 36.5. The number of ether oxygens (including phenoxy) is 1. The minimum atomic E-state index is -2.13. The highest BCUT2D eigenvalue weighted by Crippen LogP contribution is 2.75. The fourth-order valence-corrected chi connectivity index (χ4v) is 10.9. The van der Waals surface area contributed by atoms with Crippen LogP contribution in [-0.2, 0) is 21.4 Å². The van der Waals surface area contributed by atoms with Crippen molar-refractivity contribution in [2.45, 2.75) is 82.2 Å². The normalized spacial score (nSPS) is 47.8. The molecule has 6 fully saturated rings. The van der Waals surface area contributed by atoms with Crippen molar-refractivity contribution in [2.24, 2.45) is 28.6 Å². The number of carbonyl (C=O) groups excluding carboxylic acids is 1. The first-order valence-electron chi connectivity index (χ1n) is 13.3. The van der Waals surface area contributed by atoms with E-state index in [1.54, 1.807) is 11.3 Å². The largest absolute Gasteiger partial charge is 0.391 e. The summed E-state index contributed by atoms with van der Waals surface area (Å²) in [6.45, 7) is 10.5. The van der Waals surface area contributed by atoms with Crippen molar-refractivity contribution in [3.63, 3.8) is 0 Å². The third kappa shape index (κ3) is 2.38. The quantitative estimate of drug-likeness (QED) is 0.509. The van der Waals surface area contributed by atoms with Crippen molar-refractivity contribution in [1.82, 2.24) is 4.98 Å². The molecule has 2 spiro atoms. The molecule has 4 heterocycles. The van der Waals surface area contributed by atoms with Crippen LogP contribution in [0.15, 0.2) is 12.2 Å². The first-order valence-corrected chi connectivity index (χ1v) is 14.1. The van der Waals surface area contributed by atoms with Crippen LogP contribution in [0.1, 0.15) is 62.9 Å². The van der Waals surface area contributed by atoms with Crippen LogP contribution in [0.4, 0.5) is 5.13 Å². The zero-order valence-electron chi connectivity index (χ0n) is 20.6. The van der Waals surface area contributed by atoms with Crippen LogP contribution in [0.2, 0.25) is 0 Å². The maximum Gasteiger partial charge on any atom is 0.208 e. The van der Waals surface area contributed by atoms with Crippen LogP contribution in [0.25, 0.3) is 0 Å². The Morgan fingerprint density at radius 1 is 1.11 bits per heavy atom. The molecule has 1 aromatic heterocycles. The van der Waals surface area contributed by atoms with Gasteiger partial charge in [-0.2, -0.15) is 0 Å². The van der Waals surface area contributed by atoms with Gasteiger partial charge in [-0.1, -0.05) is 33.3 Å². The highest BCUT2D eigenvalue weighted by Gasteiger charge is 2.86. The molecule has 0 unspecified atom stereocenters. The molecule has 8 heteroatoms. The molecular weight excluding hydrogens is 464 g/mol. The van der Waals surface area contributed by atoms with Crippen LogP contribution < -0.4 is 4.90 Å². The smallest absolute Gasteiger partial charge is 0.208 e. The van der Waals surface area contributed by atoms with Gasteiger partial charge in [-0.15, -0.1) is 11.3 Å². The van der Waals surface area contributed by atoms with E-state index >= 15 is 0 Å². The van der Waals surface area contributed by atoms with E-state index in [1.807, 2.05) is 0 Å². The van der Waals surface area contributed by atoms with E-state index in [0.717, 1.165) is 43.2 Å². The second-order valence-electron chi connectivity index (χ2n) is 12.7. The number of thiazole rings is 1. The molecule has 4 bridgehead atoms. The summed E-state index contributed by atoms with van der Waals surface area (Å²) in [5.74, 6) is -3.55. The van der Waals surface area contributed by atoms with E-state index in [4.69, 9.17) is 9.72 Å². The summed E-state index contributed by atoms with van der Waals surface area (Å²) >= 11 is 1.75. The molecule has 35 heavy (non-hydrogen) atoms. The average molecular weight is 501 g/mol. The number of aliphatic hydroxyl groups is 3. The van der Waals surface area contributed by atoms with Crippen LogP contribution in [0, 0.1) is 28.6 Å². The van der Waals surface area contributed by atoms with E-state index in [-0.39, 0.29) is 29.6 Å². The number of aliphatic hydroxyl groups excluding tert-OH is 2. The summed E-state index contributed by atoms with van der Waals surface area (Å²) in [6, 6.07) is 0. The number of aromatic nitrogens is 1. The summed E-state index contributed by atoms with van der Waals surface area (Å²) in [5.41, 5.74) is -1.38. The number of Topliss-reactive ketones (excluding diaryl/α,β-unsaturated/α-hetero) is 1. The molecule has 8 rings (SSSR count). The molecule has 3 saturated carbocycles. The lowest BCUT2D eigenvalue weighted by atomic mass is 9.36. The molecular formula is C27H36N2O5S. The fraction of sp³-hybridized carbons (Fsp3) is 0.778. The Balaban J connectivity index is 1.46. The van der Waals surface area contributed by atoms with Gasteiger partial charge in [-0.25, -0.2) is 4.98 Å². The summed E-state index contributed by atoms with van der Waals surface area (Å²) in [7, 11) is 0. The molecule has 0 amide bonds. The van der Waals surface area contributed by atoms with Gasteiger partial charge in [0.2, 0.25) is 5.79 Å². The highest BCUT2D eigenvalue weighted by atomic mass is 32.1. The maximum absolute atomic E-state index is 13.9. The van der Waals surface area contributed by atoms with E-state index < -0.39 is 34.7 Å². The predicted molar refractivity (Wildman–Crippen MR) is 131 cm³/mol. The summed E-state index contributed by atoms with van der Waals surface area (Å²) in [6.07, 6.45) is 4.48. The van der Waals surface area contributed by atoms with Gasteiger partial charge in [-0.05, 0) is 49.0 Å². The van der Waals surface area contributed by atoms with Gasteiger partial charge in [0.1, 0.15) is 11.5 Å². The molecule has 4 aliphatic carbocycles. The second kappa shape index (κ2) is 6.95. The lowest BCUT2D eigenvalue weighted by Gasteiger charge is -2.73. The highest BCUT2D eigenvalue weighted by molar-refractivity contribution is 7.15. The molecule has 1 aromatic rings. The minimum Gasteiger partial charge on any atom is -0.391 e. The Hall–Kier alpha value is -1.32. The van der Waals surface area contributed by atoms with Crippen molar-refractivity contribution in [2.75, 3.05) is 24.6 Å². The van der Waals surface area contributed by atoms with Gasteiger partial charge < -0.3 is 25.0 Å².